The summed E-state index contributed by atoms with van der Waals surface area (Å²) in [6, 6.07) is 6.76. The van der Waals surface area contributed by atoms with Crippen molar-refractivity contribution in [1.29, 1.82) is 0 Å². The van der Waals surface area contributed by atoms with E-state index in [1.165, 1.54) is 14.2 Å². The van der Waals surface area contributed by atoms with Gasteiger partial charge in [-0.15, -0.1) is 0 Å². The number of hydrogen-bond acceptors (Lipinski definition) is 8. The minimum Gasteiger partial charge on any atom is -0.493 e. The summed E-state index contributed by atoms with van der Waals surface area (Å²) in [7, 11) is 3.03. The van der Waals surface area contributed by atoms with Crippen LogP contribution in [0.25, 0.3) is 0 Å². The zero-order valence-electron chi connectivity index (χ0n) is 17.6. The largest absolute Gasteiger partial charge is 0.493 e. The third-order valence-corrected chi connectivity index (χ3v) is 6.62. The first kappa shape index (κ1) is 20.2. The smallest absolute Gasteiger partial charge is 0.168 e. The van der Waals surface area contributed by atoms with Crippen molar-refractivity contribution >= 4 is 0 Å². The number of fused-ring (bicyclic) bond motifs is 6. The fourth-order valence-electron chi connectivity index (χ4n) is 4.71. The fourth-order valence-corrected chi connectivity index (χ4v) is 4.71. The van der Waals surface area contributed by atoms with Crippen LogP contribution < -0.4 is 23.7 Å². The first-order valence-electron chi connectivity index (χ1n) is 10.3. The Morgan fingerprint density at radius 1 is 1.13 bits per heavy atom. The van der Waals surface area contributed by atoms with Crippen molar-refractivity contribution in [2.45, 2.75) is 37.3 Å². The highest BCUT2D eigenvalue weighted by Gasteiger charge is 2.56. The van der Waals surface area contributed by atoms with Crippen LogP contribution in [-0.2, 0) is 12.0 Å². The lowest BCUT2D eigenvalue weighted by Gasteiger charge is -2.47. The number of benzene rings is 2. The summed E-state index contributed by atoms with van der Waals surface area (Å²) in [6.07, 6.45) is -1.70. The normalized spacial score (nSPS) is 28.6. The molecule has 0 spiro atoms. The lowest BCUT2D eigenvalue weighted by Crippen LogP contribution is -2.56. The van der Waals surface area contributed by atoms with Crippen LogP contribution in [0.4, 0.5) is 0 Å². The molecule has 31 heavy (non-hydrogen) atoms. The molecular weight excluding hydrogens is 404 g/mol. The molecule has 0 fully saturated rings. The predicted octanol–water partition coefficient (Wildman–Crippen LogP) is 1.71. The van der Waals surface area contributed by atoms with Crippen LogP contribution in [0.2, 0.25) is 0 Å². The molecule has 1 unspecified atom stereocenters. The van der Waals surface area contributed by atoms with Crippen LogP contribution in [0.5, 0.6) is 28.7 Å². The fraction of sp³-hybridized carbons (Fsp3) is 0.478. The van der Waals surface area contributed by atoms with Crippen molar-refractivity contribution < 1.29 is 39.0 Å². The number of methoxy groups -OCH3 is 2. The van der Waals surface area contributed by atoms with E-state index in [4.69, 9.17) is 23.7 Å². The summed E-state index contributed by atoms with van der Waals surface area (Å²) < 4.78 is 28.8. The van der Waals surface area contributed by atoms with E-state index in [1.54, 1.807) is 24.3 Å². The molecule has 2 aromatic rings. The van der Waals surface area contributed by atoms with Gasteiger partial charge in [0.15, 0.2) is 23.2 Å². The van der Waals surface area contributed by atoms with Crippen molar-refractivity contribution in [3.05, 3.63) is 41.0 Å². The number of rotatable bonds is 4. The van der Waals surface area contributed by atoms with E-state index in [0.717, 1.165) is 5.56 Å². The molecule has 3 N–H and O–H groups in total. The van der Waals surface area contributed by atoms with Crippen LogP contribution >= 0.6 is 0 Å². The molecule has 3 heterocycles. The first-order chi connectivity index (χ1) is 14.9. The number of ether oxygens (including phenoxy) is 5. The van der Waals surface area contributed by atoms with E-state index >= 15 is 0 Å². The van der Waals surface area contributed by atoms with Crippen molar-refractivity contribution in [1.82, 2.24) is 0 Å². The molecule has 5 atom stereocenters. The monoisotopic (exact) mass is 430 g/mol. The Hall–Kier alpha value is -2.68. The molecule has 0 saturated heterocycles. The molecule has 0 saturated carbocycles. The van der Waals surface area contributed by atoms with Crippen molar-refractivity contribution in [2.24, 2.45) is 5.92 Å². The van der Waals surface area contributed by atoms with E-state index in [2.05, 4.69) is 0 Å². The molecule has 166 valence electrons. The Labute approximate surface area is 179 Å². The maximum absolute atomic E-state index is 11.8. The van der Waals surface area contributed by atoms with E-state index in [-0.39, 0.29) is 25.2 Å². The van der Waals surface area contributed by atoms with Gasteiger partial charge in [0.05, 0.1) is 14.2 Å². The quantitative estimate of drug-likeness (QED) is 0.673. The van der Waals surface area contributed by atoms with E-state index in [1.807, 2.05) is 6.92 Å². The molecular formula is C23H26O8. The second-order valence-electron chi connectivity index (χ2n) is 8.33. The maximum atomic E-state index is 11.8. The highest BCUT2D eigenvalue weighted by molar-refractivity contribution is 5.59. The summed E-state index contributed by atoms with van der Waals surface area (Å²) in [6.45, 7) is 1.99. The Kier molecular flexibility index (Phi) is 4.69. The van der Waals surface area contributed by atoms with Gasteiger partial charge in [0.25, 0.3) is 0 Å². The summed E-state index contributed by atoms with van der Waals surface area (Å²) in [5.41, 5.74) is -0.0304. The van der Waals surface area contributed by atoms with E-state index < -0.39 is 17.8 Å². The molecule has 0 amide bonds. The molecule has 0 aromatic heterocycles. The van der Waals surface area contributed by atoms with Crippen LogP contribution in [0.1, 0.15) is 29.7 Å². The topological polar surface area (TPSA) is 107 Å². The first-order valence-corrected chi connectivity index (χ1v) is 10.3. The Morgan fingerprint density at radius 3 is 2.58 bits per heavy atom. The summed E-state index contributed by atoms with van der Waals surface area (Å²) in [4.78, 5) is 0. The average Bonchev–Trinajstić information content (AvgIpc) is 3.23. The van der Waals surface area contributed by atoms with Gasteiger partial charge in [-0.2, -0.15) is 0 Å². The van der Waals surface area contributed by atoms with E-state index in [9.17, 15) is 15.3 Å². The molecule has 0 radical (unpaired) electrons. The van der Waals surface area contributed by atoms with Gasteiger partial charge in [-0.05, 0) is 18.2 Å². The highest BCUT2D eigenvalue weighted by Crippen LogP contribution is 2.55. The molecule has 8 heteroatoms. The summed E-state index contributed by atoms with van der Waals surface area (Å²) >= 11 is 0. The number of aliphatic hydroxyl groups excluding tert-OH is 2. The molecule has 0 bridgehead atoms. The molecule has 2 aromatic carbocycles. The zero-order valence-corrected chi connectivity index (χ0v) is 17.6. The van der Waals surface area contributed by atoms with Gasteiger partial charge in [0.2, 0.25) is 0 Å². The predicted molar refractivity (Wildman–Crippen MR) is 109 cm³/mol. The third kappa shape index (κ3) is 2.78. The van der Waals surface area contributed by atoms with Gasteiger partial charge >= 0.3 is 0 Å². The average molecular weight is 430 g/mol. The van der Waals surface area contributed by atoms with Crippen molar-refractivity contribution in [2.75, 3.05) is 27.4 Å². The Bertz CT molecular complexity index is 1020. The number of hydrogen-bond donors (Lipinski definition) is 3. The van der Waals surface area contributed by atoms with Crippen molar-refractivity contribution in [3.63, 3.8) is 0 Å². The van der Waals surface area contributed by atoms with Gasteiger partial charge in [0, 0.05) is 41.7 Å². The zero-order chi connectivity index (χ0) is 21.9. The lowest BCUT2D eigenvalue weighted by molar-refractivity contribution is -0.179. The third-order valence-electron chi connectivity index (χ3n) is 6.62. The van der Waals surface area contributed by atoms with Gasteiger partial charge in [-0.3, -0.25) is 0 Å². The SMILES string of the molecule is COc1cc2c(cc1OC)[C@]1(O)[C@H](O)c3ccc4c(c3O[C@@H]1CO2)C[C@H](C(C)CO)O4. The molecule has 3 aliphatic rings. The maximum Gasteiger partial charge on any atom is 0.168 e. The molecule has 0 aliphatic carbocycles. The van der Waals surface area contributed by atoms with Crippen LogP contribution in [0.15, 0.2) is 24.3 Å². The van der Waals surface area contributed by atoms with Gasteiger partial charge in [-0.25, -0.2) is 0 Å². The minimum atomic E-state index is -1.73. The molecule has 3 aliphatic heterocycles. The lowest BCUT2D eigenvalue weighted by atomic mass is 9.75. The van der Waals surface area contributed by atoms with Crippen molar-refractivity contribution in [3.8, 4) is 28.7 Å². The van der Waals surface area contributed by atoms with E-state index in [0.29, 0.717) is 46.3 Å². The van der Waals surface area contributed by atoms with Crippen LogP contribution in [0, 0.1) is 5.92 Å². The van der Waals surface area contributed by atoms with Gasteiger partial charge < -0.3 is 39.0 Å². The minimum absolute atomic E-state index is 0.0165. The number of aliphatic hydroxyl groups is 3. The second-order valence-corrected chi connectivity index (χ2v) is 8.33. The van der Waals surface area contributed by atoms with Crippen LogP contribution in [0.3, 0.4) is 0 Å². The second kappa shape index (κ2) is 7.19. The Balaban J connectivity index is 1.59. The highest BCUT2D eigenvalue weighted by atomic mass is 16.6. The summed E-state index contributed by atoms with van der Waals surface area (Å²) in [5, 5.41) is 32.6. The van der Waals surface area contributed by atoms with Gasteiger partial charge in [-0.1, -0.05) is 6.92 Å². The van der Waals surface area contributed by atoms with Gasteiger partial charge in [0.1, 0.15) is 36.1 Å². The standard InChI is InChI=1S/C23H26O8/c1-11(9-24)16-6-13-15(30-16)5-4-12-21(13)31-20-10-29-17-8-19(28-3)18(27-2)7-14(17)23(20,26)22(12)25/h4-5,7-8,11,16,20,22,24-26H,6,9-10H2,1-3H3/t11?,16-,20-,22-,23-/m1/s1. The molecule has 8 nitrogen and oxygen atoms in total. The van der Waals surface area contributed by atoms with Crippen LogP contribution in [-0.4, -0.2) is 55.0 Å². The molecule has 5 rings (SSSR count). The summed E-state index contributed by atoms with van der Waals surface area (Å²) in [5.74, 6) is 2.43. The Morgan fingerprint density at radius 2 is 1.87 bits per heavy atom.